The second kappa shape index (κ2) is 7.80. The third-order valence-corrected chi connectivity index (χ3v) is 4.74. The monoisotopic (exact) mass is 368 g/mol. The molecular weight excluding hydrogens is 344 g/mol. The Balaban J connectivity index is 1.97. The number of ketones is 1. The SMILES string of the molecule is CCOC(=O)C1C(=O)C(Cc2ccc(N(C)C)cc2)=C2C=CC=CN2C1O. The predicted octanol–water partition coefficient (Wildman–Crippen LogP) is 2.02. The Bertz CT molecular complexity index is 821. The number of fused-ring (bicyclic) bond motifs is 1. The molecule has 2 aliphatic rings. The van der Waals surface area contributed by atoms with Gasteiger partial charge >= 0.3 is 5.97 Å². The molecular formula is C21H24N2O4. The highest BCUT2D eigenvalue weighted by Gasteiger charge is 2.45. The van der Waals surface area contributed by atoms with Crippen LogP contribution in [0, 0.1) is 5.92 Å². The molecule has 0 aliphatic carbocycles. The fourth-order valence-corrected chi connectivity index (χ4v) is 3.31. The van der Waals surface area contributed by atoms with E-state index in [1.165, 1.54) is 0 Å². The van der Waals surface area contributed by atoms with Crippen molar-refractivity contribution in [1.29, 1.82) is 0 Å². The second-order valence-electron chi connectivity index (χ2n) is 6.72. The van der Waals surface area contributed by atoms with Gasteiger partial charge in [0.05, 0.1) is 12.3 Å². The van der Waals surface area contributed by atoms with Crippen molar-refractivity contribution in [1.82, 2.24) is 4.90 Å². The van der Waals surface area contributed by atoms with Crippen molar-refractivity contribution in [2.75, 3.05) is 25.6 Å². The van der Waals surface area contributed by atoms with Crippen LogP contribution in [0.2, 0.25) is 0 Å². The average molecular weight is 368 g/mol. The van der Waals surface area contributed by atoms with Crippen LogP contribution in [0.1, 0.15) is 12.5 Å². The minimum atomic E-state index is -1.27. The zero-order chi connectivity index (χ0) is 19.6. The highest BCUT2D eigenvalue weighted by atomic mass is 16.5. The van der Waals surface area contributed by atoms with E-state index in [2.05, 4.69) is 0 Å². The molecule has 2 aliphatic heterocycles. The quantitative estimate of drug-likeness (QED) is 0.633. The number of allylic oxidation sites excluding steroid dienone is 4. The first kappa shape index (κ1) is 18.9. The molecule has 142 valence electrons. The number of aliphatic hydroxyl groups excluding tert-OH is 1. The predicted molar refractivity (Wildman–Crippen MR) is 103 cm³/mol. The number of anilines is 1. The molecule has 1 aromatic carbocycles. The molecule has 1 N–H and O–H groups in total. The van der Waals surface area contributed by atoms with Gasteiger partial charge in [-0.2, -0.15) is 0 Å². The number of hydrogen-bond donors (Lipinski definition) is 1. The number of benzene rings is 1. The van der Waals surface area contributed by atoms with Crippen LogP contribution in [0.5, 0.6) is 0 Å². The molecule has 1 aromatic rings. The van der Waals surface area contributed by atoms with Crippen molar-refractivity contribution < 1.29 is 19.4 Å². The summed E-state index contributed by atoms with van der Waals surface area (Å²) in [7, 11) is 3.93. The molecule has 6 nitrogen and oxygen atoms in total. The van der Waals surface area contributed by atoms with Gasteiger partial charge in [-0.1, -0.05) is 18.2 Å². The smallest absolute Gasteiger partial charge is 0.321 e. The summed E-state index contributed by atoms with van der Waals surface area (Å²) in [5, 5.41) is 10.6. The van der Waals surface area contributed by atoms with Crippen LogP contribution in [-0.2, 0) is 20.7 Å². The van der Waals surface area contributed by atoms with Crippen LogP contribution >= 0.6 is 0 Å². The maximum Gasteiger partial charge on any atom is 0.321 e. The normalized spacial score (nSPS) is 21.3. The minimum absolute atomic E-state index is 0.156. The Morgan fingerprint density at radius 3 is 2.56 bits per heavy atom. The van der Waals surface area contributed by atoms with Crippen LogP contribution in [-0.4, -0.2) is 48.7 Å². The first-order valence-electron chi connectivity index (χ1n) is 8.95. The molecule has 0 amide bonds. The summed E-state index contributed by atoms with van der Waals surface area (Å²) in [6.45, 7) is 1.83. The zero-order valence-corrected chi connectivity index (χ0v) is 15.8. The Hall–Kier alpha value is -2.86. The molecule has 0 saturated heterocycles. The topological polar surface area (TPSA) is 70.1 Å². The molecule has 0 saturated carbocycles. The van der Waals surface area contributed by atoms with Crippen molar-refractivity contribution >= 4 is 17.4 Å². The van der Waals surface area contributed by atoms with E-state index in [0.717, 1.165) is 11.3 Å². The molecule has 2 heterocycles. The lowest BCUT2D eigenvalue weighted by Gasteiger charge is -2.38. The highest BCUT2D eigenvalue weighted by molar-refractivity contribution is 6.10. The Kier molecular flexibility index (Phi) is 5.46. The van der Waals surface area contributed by atoms with E-state index in [1.54, 1.807) is 30.2 Å². The van der Waals surface area contributed by atoms with Gasteiger partial charge in [-0.25, -0.2) is 0 Å². The molecule has 0 bridgehead atoms. The van der Waals surface area contributed by atoms with Gasteiger partial charge in [0.25, 0.3) is 0 Å². The van der Waals surface area contributed by atoms with Crippen LogP contribution in [0.25, 0.3) is 0 Å². The van der Waals surface area contributed by atoms with E-state index >= 15 is 0 Å². The van der Waals surface area contributed by atoms with Crippen molar-refractivity contribution in [3.8, 4) is 0 Å². The summed E-state index contributed by atoms with van der Waals surface area (Å²) in [5.74, 6) is -2.33. The van der Waals surface area contributed by atoms with Gasteiger partial charge in [0.1, 0.15) is 0 Å². The number of carbonyl (C=O) groups excluding carboxylic acids is 2. The van der Waals surface area contributed by atoms with Crippen LogP contribution < -0.4 is 4.90 Å². The molecule has 2 unspecified atom stereocenters. The summed E-state index contributed by atoms with van der Waals surface area (Å²) in [6.07, 6.45) is 6.13. The summed E-state index contributed by atoms with van der Waals surface area (Å²) in [4.78, 5) is 28.9. The van der Waals surface area contributed by atoms with Gasteiger partial charge in [-0.05, 0) is 36.8 Å². The largest absolute Gasteiger partial charge is 0.465 e. The highest BCUT2D eigenvalue weighted by Crippen LogP contribution is 2.33. The third-order valence-electron chi connectivity index (χ3n) is 4.74. The first-order chi connectivity index (χ1) is 12.9. The number of aliphatic hydroxyl groups is 1. The Labute approximate surface area is 159 Å². The second-order valence-corrected chi connectivity index (χ2v) is 6.72. The van der Waals surface area contributed by atoms with E-state index in [0.29, 0.717) is 17.7 Å². The van der Waals surface area contributed by atoms with E-state index in [9.17, 15) is 14.7 Å². The summed E-state index contributed by atoms with van der Waals surface area (Å²) in [5.41, 5.74) is 3.13. The summed E-state index contributed by atoms with van der Waals surface area (Å²) >= 11 is 0. The number of carbonyl (C=O) groups is 2. The van der Waals surface area contributed by atoms with Gasteiger partial charge in [0.15, 0.2) is 17.9 Å². The van der Waals surface area contributed by atoms with Crippen molar-refractivity contribution in [2.45, 2.75) is 19.6 Å². The number of hydrogen-bond acceptors (Lipinski definition) is 6. The van der Waals surface area contributed by atoms with Gasteiger partial charge < -0.3 is 19.6 Å². The van der Waals surface area contributed by atoms with Gasteiger partial charge in [-0.15, -0.1) is 0 Å². The van der Waals surface area contributed by atoms with Crippen LogP contribution in [0.4, 0.5) is 5.69 Å². The molecule has 0 aromatic heterocycles. The standard InChI is InChI=1S/C21H24N2O4/c1-4-27-21(26)18-19(24)16(17-7-5-6-12-23(17)20(18)25)13-14-8-10-15(11-9-14)22(2)3/h5-12,18,20,25H,4,13H2,1-3H3. The maximum atomic E-state index is 13.1. The molecule has 0 spiro atoms. The lowest BCUT2D eigenvalue weighted by atomic mass is 9.85. The fraction of sp³-hybridized carbons (Fsp3) is 0.333. The van der Waals surface area contributed by atoms with Gasteiger partial charge in [0, 0.05) is 38.0 Å². The van der Waals surface area contributed by atoms with Crippen LogP contribution in [0.15, 0.2) is 60.0 Å². The first-order valence-corrected chi connectivity index (χ1v) is 8.95. The zero-order valence-electron chi connectivity index (χ0n) is 15.8. The van der Waals surface area contributed by atoms with Crippen molar-refractivity contribution in [2.24, 2.45) is 5.92 Å². The number of esters is 1. The Morgan fingerprint density at radius 1 is 1.22 bits per heavy atom. The molecule has 3 rings (SSSR count). The van der Waals surface area contributed by atoms with Gasteiger partial charge in [0.2, 0.25) is 0 Å². The molecule has 27 heavy (non-hydrogen) atoms. The van der Waals surface area contributed by atoms with Gasteiger partial charge in [-0.3, -0.25) is 9.59 Å². The number of rotatable bonds is 5. The fourth-order valence-electron chi connectivity index (χ4n) is 3.31. The molecule has 0 fully saturated rings. The van der Waals surface area contributed by atoms with E-state index in [-0.39, 0.29) is 12.4 Å². The Morgan fingerprint density at radius 2 is 1.93 bits per heavy atom. The number of nitrogens with zero attached hydrogens (tertiary/aromatic N) is 2. The minimum Gasteiger partial charge on any atom is -0.465 e. The lowest BCUT2D eigenvalue weighted by Crippen LogP contribution is -2.50. The maximum absolute atomic E-state index is 13.1. The van der Waals surface area contributed by atoms with E-state index in [1.807, 2.05) is 49.3 Å². The summed E-state index contributed by atoms with van der Waals surface area (Å²) in [6, 6.07) is 7.90. The third kappa shape index (κ3) is 3.66. The average Bonchev–Trinajstić information content (AvgIpc) is 2.66. The van der Waals surface area contributed by atoms with Crippen molar-refractivity contribution in [3.63, 3.8) is 0 Å². The molecule has 6 heteroatoms. The number of Topliss-reactive ketones (excluding diaryl/α,β-unsaturated/α-hetero) is 1. The van der Waals surface area contributed by atoms with Crippen LogP contribution in [0.3, 0.4) is 0 Å². The molecule has 2 atom stereocenters. The van der Waals surface area contributed by atoms with Crippen molar-refractivity contribution in [3.05, 3.63) is 65.5 Å². The summed E-state index contributed by atoms with van der Waals surface area (Å²) < 4.78 is 5.03. The number of ether oxygens (including phenoxy) is 1. The molecule has 0 radical (unpaired) electrons. The van der Waals surface area contributed by atoms with E-state index < -0.39 is 18.1 Å². The lowest BCUT2D eigenvalue weighted by molar-refractivity contribution is -0.160. The van der Waals surface area contributed by atoms with E-state index in [4.69, 9.17) is 4.74 Å².